The number of rotatable bonds is 6. The van der Waals surface area contributed by atoms with Crippen LogP contribution in [0, 0.1) is 22.6 Å². The van der Waals surface area contributed by atoms with Gasteiger partial charge >= 0.3 is 0 Å². The zero-order valence-electron chi connectivity index (χ0n) is 20.0. The molecule has 1 saturated carbocycles. The molecule has 3 N–H and O–H groups in total. The Morgan fingerprint density at radius 1 is 1.25 bits per heavy atom. The fourth-order valence-corrected chi connectivity index (χ4v) is 5.77. The molecule has 36 heavy (non-hydrogen) atoms. The lowest BCUT2D eigenvalue weighted by Gasteiger charge is -2.50. The summed E-state index contributed by atoms with van der Waals surface area (Å²) in [6.07, 6.45) is 6.43. The highest BCUT2D eigenvalue weighted by atomic mass is 32.2. The van der Waals surface area contributed by atoms with Gasteiger partial charge in [0.15, 0.2) is 11.6 Å². The van der Waals surface area contributed by atoms with Gasteiger partial charge < -0.3 is 10.1 Å². The average Bonchev–Trinajstić information content (AvgIpc) is 2.84. The number of nitrogens with two attached hydrogens (primary N) is 1. The van der Waals surface area contributed by atoms with Crippen LogP contribution in [0.2, 0.25) is 0 Å². The molecule has 1 unspecified atom stereocenters. The minimum absolute atomic E-state index is 0.0378. The molecule has 3 aromatic rings. The number of nitrogens with one attached hydrogen (secondary N) is 1. The normalized spacial score (nSPS) is 18.5. The molecular formula is C26H28FN5O3S. The number of ether oxygens (including phenoxy) is 1. The topological polar surface area (TPSA) is 131 Å². The summed E-state index contributed by atoms with van der Waals surface area (Å²) < 4.78 is 43.9. The summed E-state index contributed by atoms with van der Waals surface area (Å²) >= 11 is 0. The van der Waals surface area contributed by atoms with Crippen molar-refractivity contribution in [2.45, 2.75) is 50.2 Å². The molecule has 0 bridgehead atoms. The van der Waals surface area contributed by atoms with Gasteiger partial charge in [0.05, 0.1) is 22.0 Å². The number of nitriles is 1. The van der Waals surface area contributed by atoms with Crippen LogP contribution in [0.3, 0.4) is 0 Å². The molecule has 1 aliphatic heterocycles. The van der Waals surface area contributed by atoms with Crippen LogP contribution in [-0.2, 0) is 16.4 Å². The fourth-order valence-electron chi connectivity index (χ4n) is 5.36. The van der Waals surface area contributed by atoms with Gasteiger partial charge in [-0.05, 0) is 81.3 Å². The van der Waals surface area contributed by atoms with Crippen LogP contribution in [0.4, 0.5) is 4.39 Å². The largest absolute Gasteiger partial charge is 0.453 e. The second-order valence-corrected chi connectivity index (χ2v) is 12.0. The molecule has 1 aromatic heterocycles. The third kappa shape index (κ3) is 4.78. The van der Waals surface area contributed by atoms with Crippen molar-refractivity contribution in [3.8, 4) is 17.6 Å². The predicted octanol–water partition coefficient (Wildman–Crippen LogP) is 3.90. The van der Waals surface area contributed by atoms with Gasteiger partial charge in [-0.1, -0.05) is 6.07 Å². The van der Waals surface area contributed by atoms with E-state index in [1.54, 1.807) is 18.2 Å². The summed E-state index contributed by atoms with van der Waals surface area (Å²) in [6, 6.07) is 9.57. The molecule has 1 spiro atoms. The number of sulfonamides is 1. The first-order valence-corrected chi connectivity index (χ1v) is 13.7. The van der Waals surface area contributed by atoms with Gasteiger partial charge in [-0.25, -0.2) is 22.9 Å². The molecular weight excluding hydrogens is 481 g/mol. The Morgan fingerprint density at radius 2 is 2.00 bits per heavy atom. The summed E-state index contributed by atoms with van der Waals surface area (Å²) in [6.45, 7) is 3.58. The molecule has 188 valence electrons. The molecule has 1 aliphatic carbocycles. The van der Waals surface area contributed by atoms with E-state index in [1.165, 1.54) is 25.8 Å². The molecule has 2 heterocycles. The zero-order valence-corrected chi connectivity index (χ0v) is 20.8. The van der Waals surface area contributed by atoms with Crippen LogP contribution in [0.1, 0.15) is 55.3 Å². The Morgan fingerprint density at radius 3 is 2.69 bits per heavy atom. The second-order valence-electron chi connectivity index (χ2n) is 10.0. The van der Waals surface area contributed by atoms with Crippen LogP contribution < -0.4 is 15.2 Å². The Bertz CT molecular complexity index is 1460. The molecule has 5 rings (SSSR count). The standard InChI is InChI=1S/C26H28FN5O3S/c1-16(36(29,33)34)10-17-2-4-21(27)25(20(17)14-28)35-19-3-5-22-23(11-19)32-24(15-31-22)18-12-26(13-18)6-8-30-9-7-26/h2-5,11,15-16,18,30H,6-10,12-13H2,1H3,(H2,29,33,34). The van der Waals surface area contributed by atoms with Gasteiger partial charge in [-0.15, -0.1) is 0 Å². The number of hydrogen-bond donors (Lipinski definition) is 2. The highest BCUT2D eigenvalue weighted by molar-refractivity contribution is 7.89. The first-order valence-electron chi connectivity index (χ1n) is 12.1. The predicted molar refractivity (Wildman–Crippen MR) is 134 cm³/mol. The van der Waals surface area contributed by atoms with Crippen LogP contribution in [0.15, 0.2) is 36.5 Å². The van der Waals surface area contributed by atoms with Gasteiger partial charge in [0.1, 0.15) is 17.4 Å². The van der Waals surface area contributed by atoms with Crippen molar-refractivity contribution >= 4 is 21.1 Å². The summed E-state index contributed by atoms with van der Waals surface area (Å²) in [5.74, 6) is -0.290. The smallest absolute Gasteiger partial charge is 0.212 e. The highest BCUT2D eigenvalue weighted by Crippen LogP contribution is 2.55. The van der Waals surface area contributed by atoms with Crippen molar-refractivity contribution in [1.82, 2.24) is 15.3 Å². The van der Waals surface area contributed by atoms with Crippen LogP contribution in [0.5, 0.6) is 11.5 Å². The maximum absolute atomic E-state index is 14.7. The van der Waals surface area contributed by atoms with E-state index in [2.05, 4.69) is 10.3 Å². The van der Waals surface area contributed by atoms with Gasteiger partial charge in [0.25, 0.3) is 0 Å². The zero-order chi connectivity index (χ0) is 25.5. The number of benzene rings is 2. The van der Waals surface area contributed by atoms with Crippen LogP contribution >= 0.6 is 0 Å². The van der Waals surface area contributed by atoms with E-state index >= 15 is 0 Å². The van der Waals surface area contributed by atoms with Crippen molar-refractivity contribution in [2.75, 3.05) is 13.1 Å². The van der Waals surface area contributed by atoms with Gasteiger partial charge in [0.2, 0.25) is 10.0 Å². The molecule has 10 heteroatoms. The third-order valence-corrected chi connectivity index (χ3v) is 8.86. The maximum Gasteiger partial charge on any atom is 0.212 e. The molecule has 8 nitrogen and oxygen atoms in total. The third-order valence-electron chi connectivity index (χ3n) is 7.57. The molecule has 2 fully saturated rings. The molecule has 2 aromatic carbocycles. The number of fused-ring (bicyclic) bond motifs is 1. The van der Waals surface area contributed by atoms with E-state index < -0.39 is 21.1 Å². The number of nitrogens with zero attached hydrogens (tertiary/aromatic N) is 3. The number of primary sulfonamides is 1. The first-order chi connectivity index (χ1) is 17.2. The number of halogens is 1. The van der Waals surface area contributed by atoms with Crippen molar-refractivity contribution in [3.05, 3.63) is 59.2 Å². The Labute approximate surface area is 209 Å². The number of piperidine rings is 1. The Hall–Kier alpha value is -3.13. The minimum atomic E-state index is -3.81. The molecule has 2 aliphatic rings. The highest BCUT2D eigenvalue weighted by Gasteiger charge is 2.45. The lowest BCUT2D eigenvalue weighted by Crippen LogP contribution is -2.44. The van der Waals surface area contributed by atoms with E-state index in [9.17, 15) is 18.1 Å². The molecule has 0 amide bonds. The van der Waals surface area contributed by atoms with Gasteiger partial charge in [-0.3, -0.25) is 4.98 Å². The number of hydrogen-bond acceptors (Lipinski definition) is 7. The lowest BCUT2D eigenvalue weighted by molar-refractivity contribution is 0.0586. The van der Waals surface area contributed by atoms with Crippen LogP contribution in [-0.4, -0.2) is 36.7 Å². The summed E-state index contributed by atoms with van der Waals surface area (Å²) in [4.78, 5) is 9.39. The van der Waals surface area contributed by atoms with Gasteiger partial charge in [-0.2, -0.15) is 5.26 Å². The van der Waals surface area contributed by atoms with Crippen molar-refractivity contribution in [2.24, 2.45) is 10.6 Å². The summed E-state index contributed by atoms with van der Waals surface area (Å²) in [5, 5.41) is 17.4. The first kappa shape index (κ1) is 24.6. The average molecular weight is 510 g/mol. The van der Waals surface area contributed by atoms with E-state index in [1.807, 2.05) is 12.3 Å². The monoisotopic (exact) mass is 509 g/mol. The SMILES string of the molecule is CC(Cc1ccc(F)c(Oc2ccc3ncc(C4CC5(CCNCC5)C4)nc3c2)c1C#N)S(N)(=O)=O. The fraction of sp³-hybridized carbons (Fsp3) is 0.423. The van der Waals surface area contributed by atoms with Gasteiger partial charge in [0, 0.05) is 18.2 Å². The van der Waals surface area contributed by atoms with E-state index in [-0.39, 0.29) is 17.7 Å². The molecule has 1 atom stereocenters. The van der Waals surface area contributed by atoms with E-state index in [0.717, 1.165) is 37.7 Å². The van der Waals surface area contributed by atoms with Crippen molar-refractivity contribution in [1.29, 1.82) is 5.26 Å². The quantitative estimate of drug-likeness (QED) is 0.515. The second kappa shape index (κ2) is 9.39. The van der Waals surface area contributed by atoms with E-state index in [4.69, 9.17) is 14.9 Å². The summed E-state index contributed by atoms with van der Waals surface area (Å²) in [5.41, 5.74) is 2.98. The number of aromatic nitrogens is 2. The van der Waals surface area contributed by atoms with Crippen molar-refractivity contribution in [3.63, 3.8) is 0 Å². The van der Waals surface area contributed by atoms with E-state index in [0.29, 0.717) is 33.7 Å². The summed E-state index contributed by atoms with van der Waals surface area (Å²) in [7, 11) is -3.81. The van der Waals surface area contributed by atoms with Crippen molar-refractivity contribution < 1.29 is 17.5 Å². The maximum atomic E-state index is 14.7. The molecule has 1 saturated heterocycles. The minimum Gasteiger partial charge on any atom is -0.453 e. The Kier molecular flexibility index (Phi) is 6.41. The van der Waals surface area contributed by atoms with Crippen LogP contribution in [0.25, 0.3) is 11.0 Å². The Balaban J connectivity index is 1.40. The lowest BCUT2D eigenvalue weighted by atomic mass is 9.57. The molecule has 0 radical (unpaired) electrons.